The molecular weight excluding hydrogens is 284 g/mol. The summed E-state index contributed by atoms with van der Waals surface area (Å²) in [6, 6.07) is 5.92. The van der Waals surface area contributed by atoms with Crippen molar-refractivity contribution in [3.63, 3.8) is 0 Å². The summed E-state index contributed by atoms with van der Waals surface area (Å²) in [7, 11) is 1.84. The van der Waals surface area contributed by atoms with Crippen molar-refractivity contribution in [2.45, 2.75) is 19.0 Å². The standard InChI is InChI=1S/C15H22N4O3/c1-9(6-16-2)15(20)18-14-11(7-17-19-14)10-3-4-12-13(5-10)22-8-21-12/h3-5,9,11,14,16-17,19H,6-8H2,1-2H3,(H,18,20). The van der Waals surface area contributed by atoms with Crippen molar-refractivity contribution < 1.29 is 14.3 Å². The van der Waals surface area contributed by atoms with Crippen LogP contribution in [0.2, 0.25) is 0 Å². The van der Waals surface area contributed by atoms with Crippen molar-refractivity contribution in [3.8, 4) is 11.5 Å². The van der Waals surface area contributed by atoms with Crippen molar-refractivity contribution in [1.82, 2.24) is 21.5 Å². The van der Waals surface area contributed by atoms with Crippen LogP contribution in [0.5, 0.6) is 11.5 Å². The largest absolute Gasteiger partial charge is 0.454 e. The molecule has 1 fully saturated rings. The van der Waals surface area contributed by atoms with Crippen LogP contribution in [0.1, 0.15) is 18.4 Å². The molecule has 3 unspecified atom stereocenters. The van der Waals surface area contributed by atoms with Crippen molar-refractivity contribution in [1.29, 1.82) is 0 Å². The number of nitrogens with one attached hydrogen (secondary N) is 4. The lowest BCUT2D eigenvalue weighted by molar-refractivity contribution is -0.125. The first-order valence-electron chi connectivity index (χ1n) is 7.52. The average molecular weight is 306 g/mol. The van der Waals surface area contributed by atoms with Crippen molar-refractivity contribution in [3.05, 3.63) is 23.8 Å². The highest BCUT2D eigenvalue weighted by Gasteiger charge is 2.31. The third-order valence-electron chi connectivity index (χ3n) is 4.06. The number of hydrazine groups is 1. The number of hydrogen-bond donors (Lipinski definition) is 4. The first-order chi connectivity index (χ1) is 10.7. The summed E-state index contributed by atoms with van der Waals surface area (Å²) in [6.45, 7) is 3.57. The molecule has 1 amide bonds. The third kappa shape index (κ3) is 3.01. The normalized spacial score (nSPS) is 24.3. The van der Waals surface area contributed by atoms with Crippen LogP contribution in [-0.2, 0) is 4.79 Å². The zero-order chi connectivity index (χ0) is 15.5. The van der Waals surface area contributed by atoms with E-state index in [0.717, 1.165) is 23.6 Å². The van der Waals surface area contributed by atoms with Crippen LogP contribution in [0, 0.1) is 5.92 Å². The Hall–Kier alpha value is -1.83. The van der Waals surface area contributed by atoms with Crippen LogP contribution in [0.3, 0.4) is 0 Å². The average Bonchev–Trinajstić information content (AvgIpc) is 3.15. The van der Waals surface area contributed by atoms with Gasteiger partial charge in [-0.05, 0) is 24.7 Å². The maximum atomic E-state index is 12.2. The van der Waals surface area contributed by atoms with E-state index >= 15 is 0 Å². The molecule has 3 atom stereocenters. The minimum Gasteiger partial charge on any atom is -0.454 e. The second kappa shape index (κ2) is 6.51. The summed E-state index contributed by atoms with van der Waals surface area (Å²) in [5.74, 6) is 1.62. The molecule has 1 saturated heterocycles. The zero-order valence-electron chi connectivity index (χ0n) is 12.8. The Bertz CT molecular complexity index is 552. The fourth-order valence-electron chi connectivity index (χ4n) is 2.78. The van der Waals surface area contributed by atoms with Crippen LogP contribution >= 0.6 is 0 Å². The molecule has 2 aliphatic rings. The molecule has 2 heterocycles. The molecule has 4 N–H and O–H groups in total. The Morgan fingerprint density at radius 3 is 3.05 bits per heavy atom. The molecule has 22 heavy (non-hydrogen) atoms. The number of carbonyl (C=O) groups is 1. The number of carbonyl (C=O) groups excluding carboxylic acids is 1. The topological polar surface area (TPSA) is 83.7 Å². The predicted molar refractivity (Wildman–Crippen MR) is 81.5 cm³/mol. The summed E-state index contributed by atoms with van der Waals surface area (Å²) < 4.78 is 10.8. The third-order valence-corrected chi connectivity index (χ3v) is 4.06. The lowest BCUT2D eigenvalue weighted by atomic mass is 9.96. The van der Waals surface area contributed by atoms with Crippen molar-refractivity contribution in [2.24, 2.45) is 5.92 Å². The maximum absolute atomic E-state index is 12.2. The summed E-state index contributed by atoms with van der Waals surface area (Å²) in [6.07, 6.45) is -0.146. The molecule has 2 aliphatic heterocycles. The maximum Gasteiger partial charge on any atom is 0.231 e. The van der Waals surface area contributed by atoms with Gasteiger partial charge in [-0.25, -0.2) is 5.43 Å². The SMILES string of the molecule is CNCC(C)C(=O)NC1NNCC1c1ccc2c(c1)OCO2. The van der Waals surface area contributed by atoms with E-state index in [9.17, 15) is 4.79 Å². The monoisotopic (exact) mass is 306 g/mol. The number of rotatable bonds is 5. The van der Waals surface area contributed by atoms with Crippen LogP contribution in [0.25, 0.3) is 0 Å². The van der Waals surface area contributed by atoms with Gasteiger partial charge in [-0.3, -0.25) is 10.2 Å². The molecule has 0 saturated carbocycles. The molecule has 3 rings (SSSR count). The van der Waals surface area contributed by atoms with Gasteiger partial charge >= 0.3 is 0 Å². The van der Waals surface area contributed by atoms with Gasteiger partial charge in [0.1, 0.15) is 6.17 Å². The minimum atomic E-state index is -0.146. The smallest absolute Gasteiger partial charge is 0.231 e. The second-order valence-electron chi connectivity index (χ2n) is 5.69. The molecule has 0 aliphatic carbocycles. The molecule has 0 bridgehead atoms. The lowest BCUT2D eigenvalue weighted by Crippen LogP contribution is -2.49. The highest BCUT2D eigenvalue weighted by Crippen LogP contribution is 2.35. The van der Waals surface area contributed by atoms with E-state index < -0.39 is 0 Å². The van der Waals surface area contributed by atoms with Gasteiger partial charge in [-0.2, -0.15) is 0 Å². The first-order valence-corrected chi connectivity index (χ1v) is 7.52. The van der Waals surface area contributed by atoms with Crippen LogP contribution in [-0.4, -0.2) is 39.0 Å². The van der Waals surface area contributed by atoms with Gasteiger partial charge in [0.25, 0.3) is 0 Å². The van der Waals surface area contributed by atoms with E-state index in [1.165, 1.54) is 0 Å². The van der Waals surface area contributed by atoms with Crippen LogP contribution in [0.4, 0.5) is 0 Å². The highest BCUT2D eigenvalue weighted by molar-refractivity contribution is 5.79. The molecule has 0 spiro atoms. The second-order valence-corrected chi connectivity index (χ2v) is 5.69. The predicted octanol–water partition coefficient (Wildman–Crippen LogP) is -0.0955. The van der Waals surface area contributed by atoms with Gasteiger partial charge in [0.2, 0.25) is 12.7 Å². The van der Waals surface area contributed by atoms with Crippen LogP contribution < -0.4 is 31.0 Å². The van der Waals surface area contributed by atoms with E-state index in [1.807, 2.05) is 32.2 Å². The number of fused-ring (bicyclic) bond motifs is 1. The zero-order valence-corrected chi connectivity index (χ0v) is 12.8. The van der Waals surface area contributed by atoms with E-state index in [2.05, 4.69) is 21.5 Å². The summed E-state index contributed by atoms with van der Waals surface area (Å²) in [4.78, 5) is 12.2. The molecule has 7 nitrogen and oxygen atoms in total. The lowest BCUT2D eigenvalue weighted by Gasteiger charge is -2.22. The van der Waals surface area contributed by atoms with E-state index in [-0.39, 0.29) is 30.7 Å². The van der Waals surface area contributed by atoms with Gasteiger partial charge in [0, 0.05) is 24.9 Å². The Morgan fingerprint density at radius 1 is 1.41 bits per heavy atom. The van der Waals surface area contributed by atoms with Crippen molar-refractivity contribution in [2.75, 3.05) is 26.9 Å². The highest BCUT2D eigenvalue weighted by atomic mass is 16.7. The molecular formula is C15H22N4O3. The number of hydrogen-bond acceptors (Lipinski definition) is 6. The molecule has 0 radical (unpaired) electrons. The van der Waals surface area contributed by atoms with Gasteiger partial charge in [0.15, 0.2) is 11.5 Å². The van der Waals surface area contributed by atoms with Gasteiger partial charge in [-0.15, -0.1) is 0 Å². The Labute approximate surface area is 129 Å². The van der Waals surface area contributed by atoms with E-state index in [4.69, 9.17) is 9.47 Å². The molecule has 1 aromatic carbocycles. The number of benzene rings is 1. The quantitative estimate of drug-likeness (QED) is 0.608. The van der Waals surface area contributed by atoms with Gasteiger partial charge in [-0.1, -0.05) is 13.0 Å². The summed E-state index contributed by atoms with van der Waals surface area (Å²) in [5.41, 5.74) is 7.34. The minimum absolute atomic E-state index is 0.0290. The summed E-state index contributed by atoms with van der Waals surface area (Å²) >= 11 is 0. The molecule has 120 valence electrons. The Morgan fingerprint density at radius 2 is 2.23 bits per heavy atom. The van der Waals surface area contributed by atoms with Crippen LogP contribution in [0.15, 0.2) is 18.2 Å². The fourth-order valence-corrected chi connectivity index (χ4v) is 2.78. The molecule has 0 aromatic heterocycles. The fraction of sp³-hybridized carbons (Fsp3) is 0.533. The first kappa shape index (κ1) is 15.1. The van der Waals surface area contributed by atoms with Crippen molar-refractivity contribution >= 4 is 5.91 Å². The Balaban J connectivity index is 1.69. The molecule has 7 heteroatoms. The van der Waals surface area contributed by atoms with E-state index in [1.54, 1.807) is 0 Å². The van der Waals surface area contributed by atoms with Gasteiger partial charge in [0.05, 0.1) is 0 Å². The Kier molecular flexibility index (Phi) is 4.47. The summed E-state index contributed by atoms with van der Waals surface area (Å²) in [5, 5.41) is 6.07. The van der Waals surface area contributed by atoms with Gasteiger partial charge < -0.3 is 20.1 Å². The van der Waals surface area contributed by atoms with E-state index in [0.29, 0.717) is 6.54 Å². The number of amides is 1. The molecule has 1 aromatic rings. The number of ether oxygens (including phenoxy) is 2.